The molecule has 3 N–H and O–H groups in total. The minimum Gasteiger partial charge on any atom is -0.369 e. The monoisotopic (exact) mass is 267 g/mol. The van der Waals surface area contributed by atoms with Gasteiger partial charge in [-0.1, -0.05) is 0 Å². The highest BCUT2D eigenvalue weighted by Crippen LogP contribution is 2.24. The quantitative estimate of drug-likeness (QED) is 0.784. The highest BCUT2D eigenvalue weighted by Gasteiger charge is 2.28. The molecule has 5 heteroatoms. The maximum atomic E-state index is 12.2. The van der Waals surface area contributed by atoms with Crippen LogP contribution in [0.25, 0.3) is 0 Å². The summed E-state index contributed by atoms with van der Waals surface area (Å²) in [7, 11) is 0. The van der Waals surface area contributed by atoms with Crippen LogP contribution in [0.4, 0.5) is 0 Å². The Morgan fingerprint density at radius 2 is 1.74 bits per heavy atom. The van der Waals surface area contributed by atoms with Crippen LogP contribution in [0.3, 0.4) is 0 Å². The van der Waals surface area contributed by atoms with Crippen LogP contribution in [-0.2, 0) is 9.59 Å². The van der Waals surface area contributed by atoms with Gasteiger partial charge in [-0.05, 0) is 45.4 Å². The predicted octanol–water partition coefficient (Wildman–Crippen LogP) is 0.631. The van der Waals surface area contributed by atoms with Gasteiger partial charge < -0.3 is 16.0 Å². The van der Waals surface area contributed by atoms with Gasteiger partial charge in [0.1, 0.15) is 0 Å². The normalized spacial score (nSPS) is 29.2. The van der Waals surface area contributed by atoms with E-state index >= 15 is 0 Å². The number of hydrogen-bond acceptors (Lipinski definition) is 3. The third-order valence-corrected chi connectivity index (χ3v) is 4.40. The summed E-state index contributed by atoms with van der Waals surface area (Å²) in [4.78, 5) is 25.2. The number of nitrogens with zero attached hydrogens (tertiary/aromatic N) is 1. The summed E-state index contributed by atoms with van der Waals surface area (Å²) in [6.45, 7) is 3.75. The fraction of sp³-hybridized carbons (Fsp3) is 0.857. The van der Waals surface area contributed by atoms with E-state index in [0.29, 0.717) is 6.04 Å². The van der Waals surface area contributed by atoms with Crippen molar-refractivity contribution >= 4 is 11.8 Å². The average Bonchev–Trinajstić information content (AvgIpc) is 2.92. The van der Waals surface area contributed by atoms with Gasteiger partial charge in [-0.2, -0.15) is 0 Å². The zero-order valence-electron chi connectivity index (χ0n) is 11.7. The SMILES string of the molecule is CC(NC1CCC(C(N)=O)CC1)C(=O)N1CCCC1. The first-order valence-corrected chi connectivity index (χ1v) is 7.42. The summed E-state index contributed by atoms with van der Waals surface area (Å²) in [5.41, 5.74) is 5.32. The third kappa shape index (κ3) is 3.69. The fourth-order valence-corrected chi connectivity index (χ4v) is 3.18. The molecular weight excluding hydrogens is 242 g/mol. The number of primary amides is 1. The lowest BCUT2D eigenvalue weighted by atomic mass is 9.85. The molecule has 0 aromatic carbocycles. The number of rotatable bonds is 4. The van der Waals surface area contributed by atoms with E-state index in [1.54, 1.807) is 0 Å². The minimum absolute atomic E-state index is 0.0302. The Labute approximate surface area is 114 Å². The Bertz CT molecular complexity index is 332. The van der Waals surface area contributed by atoms with Crippen molar-refractivity contribution in [2.45, 2.75) is 57.5 Å². The topological polar surface area (TPSA) is 75.4 Å². The number of likely N-dealkylation sites (tertiary alicyclic amines) is 1. The van der Waals surface area contributed by atoms with Crippen molar-refractivity contribution in [3.63, 3.8) is 0 Å². The molecule has 19 heavy (non-hydrogen) atoms. The molecule has 108 valence electrons. The number of hydrogen-bond donors (Lipinski definition) is 2. The minimum atomic E-state index is -0.181. The molecular formula is C14H25N3O2. The molecule has 1 saturated heterocycles. The van der Waals surface area contributed by atoms with Gasteiger partial charge in [-0.3, -0.25) is 9.59 Å². The summed E-state index contributed by atoms with van der Waals surface area (Å²) in [5.74, 6) is 0.0665. The molecule has 2 aliphatic rings. The highest BCUT2D eigenvalue weighted by atomic mass is 16.2. The van der Waals surface area contributed by atoms with E-state index < -0.39 is 0 Å². The number of nitrogens with two attached hydrogens (primary N) is 1. The molecule has 0 spiro atoms. The van der Waals surface area contributed by atoms with E-state index in [4.69, 9.17) is 5.73 Å². The van der Waals surface area contributed by atoms with Gasteiger partial charge in [-0.15, -0.1) is 0 Å². The second-order valence-corrected chi connectivity index (χ2v) is 5.87. The molecule has 0 aromatic heterocycles. The van der Waals surface area contributed by atoms with Crippen LogP contribution in [0.1, 0.15) is 45.4 Å². The molecule has 0 aromatic rings. The van der Waals surface area contributed by atoms with Crippen LogP contribution in [-0.4, -0.2) is 41.9 Å². The summed E-state index contributed by atoms with van der Waals surface area (Å²) >= 11 is 0. The first-order valence-electron chi connectivity index (χ1n) is 7.42. The lowest BCUT2D eigenvalue weighted by molar-refractivity contribution is -0.132. The van der Waals surface area contributed by atoms with E-state index in [1.807, 2.05) is 11.8 Å². The maximum absolute atomic E-state index is 12.2. The van der Waals surface area contributed by atoms with E-state index in [-0.39, 0.29) is 23.8 Å². The first kappa shape index (κ1) is 14.3. The molecule has 2 fully saturated rings. The van der Waals surface area contributed by atoms with Crippen molar-refractivity contribution in [1.82, 2.24) is 10.2 Å². The van der Waals surface area contributed by atoms with Crippen molar-refractivity contribution in [3.8, 4) is 0 Å². The van der Waals surface area contributed by atoms with Crippen molar-refractivity contribution in [3.05, 3.63) is 0 Å². The van der Waals surface area contributed by atoms with Gasteiger partial charge in [0.15, 0.2) is 0 Å². The zero-order valence-corrected chi connectivity index (χ0v) is 11.7. The lowest BCUT2D eigenvalue weighted by Crippen LogP contribution is -2.48. The average molecular weight is 267 g/mol. The number of nitrogens with one attached hydrogen (secondary N) is 1. The summed E-state index contributed by atoms with van der Waals surface area (Å²) in [6, 6.07) is 0.227. The van der Waals surface area contributed by atoms with Crippen molar-refractivity contribution < 1.29 is 9.59 Å². The van der Waals surface area contributed by atoms with Crippen LogP contribution in [0.15, 0.2) is 0 Å². The molecule has 2 rings (SSSR count). The van der Waals surface area contributed by atoms with Crippen LogP contribution < -0.4 is 11.1 Å². The molecule has 1 heterocycles. The Hall–Kier alpha value is -1.10. The standard InChI is InChI=1S/C14H25N3O2/c1-10(14(19)17-8-2-3-9-17)16-12-6-4-11(5-7-12)13(15)18/h10-12,16H,2-9H2,1H3,(H2,15,18). The molecule has 1 aliphatic heterocycles. The number of carbonyl (C=O) groups excluding carboxylic acids is 2. The van der Waals surface area contributed by atoms with Crippen molar-refractivity contribution in [1.29, 1.82) is 0 Å². The molecule has 1 unspecified atom stereocenters. The van der Waals surface area contributed by atoms with Gasteiger partial charge in [0.2, 0.25) is 11.8 Å². The van der Waals surface area contributed by atoms with Crippen LogP contribution in [0.2, 0.25) is 0 Å². The largest absolute Gasteiger partial charge is 0.369 e. The number of carbonyl (C=O) groups is 2. The summed E-state index contributed by atoms with van der Waals surface area (Å²) in [5, 5.41) is 3.41. The van der Waals surface area contributed by atoms with E-state index in [2.05, 4.69) is 5.32 Å². The summed E-state index contributed by atoms with van der Waals surface area (Å²) < 4.78 is 0. The summed E-state index contributed by atoms with van der Waals surface area (Å²) in [6.07, 6.45) is 5.82. The van der Waals surface area contributed by atoms with E-state index in [1.165, 1.54) is 0 Å². The van der Waals surface area contributed by atoms with Crippen LogP contribution >= 0.6 is 0 Å². The predicted molar refractivity (Wildman–Crippen MR) is 73.4 cm³/mol. The van der Waals surface area contributed by atoms with Gasteiger partial charge in [-0.25, -0.2) is 0 Å². The van der Waals surface area contributed by atoms with Gasteiger partial charge in [0.05, 0.1) is 6.04 Å². The van der Waals surface area contributed by atoms with Crippen molar-refractivity contribution in [2.75, 3.05) is 13.1 Å². The Kier molecular flexibility index (Phi) is 4.80. The molecule has 0 radical (unpaired) electrons. The van der Waals surface area contributed by atoms with Gasteiger partial charge in [0.25, 0.3) is 0 Å². The zero-order chi connectivity index (χ0) is 13.8. The Morgan fingerprint density at radius 3 is 2.26 bits per heavy atom. The maximum Gasteiger partial charge on any atom is 0.239 e. The molecule has 1 aliphatic carbocycles. The van der Waals surface area contributed by atoms with Gasteiger partial charge >= 0.3 is 0 Å². The smallest absolute Gasteiger partial charge is 0.239 e. The third-order valence-electron chi connectivity index (χ3n) is 4.40. The molecule has 0 bridgehead atoms. The Balaban J connectivity index is 1.75. The molecule has 5 nitrogen and oxygen atoms in total. The van der Waals surface area contributed by atoms with E-state index in [0.717, 1.165) is 51.6 Å². The first-order chi connectivity index (χ1) is 9.08. The fourth-order valence-electron chi connectivity index (χ4n) is 3.18. The molecule has 2 amide bonds. The molecule has 1 saturated carbocycles. The van der Waals surface area contributed by atoms with E-state index in [9.17, 15) is 9.59 Å². The highest BCUT2D eigenvalue weighted by molar-refractivity contribution is 5.81. The van der Waals surface area contributed by atoms with Crippen LogP contribution in [0, 0.1) is 5.92 Å². The van der Waals surface area contributed by atoms with Gasteiger partial charge in [0, 0.05) is 25.0 Å². The lowest BCUT2D eigenvalue weighted by Gasteiger charge is -2.30. The Morgan fingerprint density at radius 1 is 1.16 bits per heavy atom. The second-order valence-electron chi connectivity index (χ2n) is 5.87. The number of amides is 2. The van der Waals surface area contributed by atoms with Crippen molar-refractivity contribution in [2.24, 2.45) is 11.7 Å². The second kappa shape index (κ2) is 6.37. The molecule has 1 atom stereocenters. The van der Waals surface area contributed by atoms with Crippen LogP contribution in [0.5, 0.6) is 0 Å².